The lowest BCUT2D eigenvalue weighted by molar-refractivity contribution is 0.407. The Morgan fingerprint density at radius 3 is 2.36 bits per heavy atom. The van der Waals surface area contributed by atoms with Crippen molar-refractivity contribution in [1.82, 2.24) is 0 Å². The number of benzene rings is 1. The van der Waals surface area contributed by atoms with Crippen LogP contribution in [0, 0.1) is 0 Å². The number of para-hydroxylation sites is 1. The lowest BCUT2D eigenvalue weighted by Crippen LogP contribution is -1.83. The first-order chi connectivity index (χ1) is 5.08. The average molecular weight is 284 g/mol. The van der Waals surface area contributed by atoms with Gasteiger partial charge in [0.25, 0.3) is 0 Å². The third-order valence-corrected chi connectivity index (χ3v) is 1.99. The van der Waals surface area contributed by atoms with E-state index in [1.165, 1.54) is 22.0 Å². The molecule has 3 nitrogen and oxygen atoms in total. The zero-order chi connectivity index (χ0) is 8.32. The maximum absolute atomic E-state index is 10.7. The van der Waals surface area contributed by atoms with Crippen LogP contribution in [0.5, 0.6) is 5.75 Å². The molecule has 60 valence electrons. The van der Waals surface area contributed by atoms with E-state index in [-0.39, 0.29) is 0 Å². The molecule has 11 heavy (non-hydrogen) atoms. The van der Waals surface area contributed by atoms with Crippen LogP contribution in [-0.4, -0.2) is 4.89 Å². The van der Waals surface area contributed by atoms with Gasteiger partial charge in [-0.15, -0.1) is 0 Å². The van der Waals surface area contributed by atoms with E-state index in [9.17, 15) is 4.57 Å². The fraction of sp³-hybridized carbons (Fsp3) is 0. The molecule has 0 bridgehead atoms. The van der Waals surface area contributed by atoms with Crippen molar-refractivity contribution in [3.8, 4) is 5.75 Å². The second-order valence-corrected chi connectivity index (χ2v) is 6.60. The highest BCUT2D eigenvalue weighted by molar-refractivity contribution is 14.2. The molecule has 0 saturated carbocycles. The largest absolute Gasteiger partial charge is 0.436 e. The van der Waals surface area contributed by atoms with E-state index >= 15 is 0 Å². The van der Waals surface area contributed by atoms with E-state index in [4.69, 9.17) is 9.42 Å². The van der Waals surface area contributed by atoms with Crippen molar-refractivity contribution in [3.05, 3.63) is 30.3 Å². The summed E-state index contributed by atoms with van der Waals surface area (Å²) in [7, 11) is 0. The molecule has 5 heteroatoms. The summed E-state index contributed by atoms with van der Waals surface area (Å²) >= 11 is 1.37. The molecular formula is C6H6IO3P. The summed E-state index contributed by atoms with van der Waals surface area (Å²) in [5.74, 6) is 0.410. The fourth-order valence-corrected chi connectivity index (χ4v) is 1.68. The summed E-state index contributed by atoms with van der Waals surface area (Å²) in [6.45, 7) is 0. The summed E-state index contributed by atoms with van der Waals surface area (Å²) in [4.78, 5) is 8.79. The standard InChI is InChI=1S/C6H6IO3P/c7-11(8,9)10-6-4-2-1-3-5-6/h1-5H,(H,8,9). The Labute approximate surface area is 77.4 Å². The summed E-state index contributed by atoms with van der Waals surface area (Å²) in [5.41, 5.74) is 0. The van der Waals surface area contributed by atoms with Crippen molar-refractivity contribution in [1.29, 1.82) is 0 Å². The van der Waals surface area contributed by atoms with Crippen LogP contribution < -0.4 is 4.52 Å². The summed E-state index contributed by atoms with van der Waals surface area (Å²) in [6.07, 6.45) is 0. The van der Waals surface area contributed by atoms with Gasteiger partial charge in [0, 0.05) is 0 Å². The molecule has 0 spiro atoms. The van der Waals surface area contributed by atoms with Crippen molar-refractivity contribution in [2.75, 3.05) is 0 Å². The SMILES string of the molecule is O=P(O)(I)Oc1ccccc1. The first-order valence-corrected chi connectivity index (χ1v) is 7.21. The van der Waals surface area contributed by atoms with E-state index < -0.39 is 5.24 Å². The summed E-state index contributed by atoms with van der Waals surface area (Å²) in [6, 6.07) is 8.54. The van der Waals surface area contributed by atoms with Crippen LogP contribution in [-0.2, 0) is 4.57 Å². The van der Waals surface area contributed by atoms with E-state index in [0.717, 1.165) is 0 Å². The molecule has 0 amide bonds. The van der Waals surface area contributed by atoms with Crippen LogP contribution in [0.4, 0.5) is 0 Å². The predicted octanol–water partition coefficient (Wildman–Crippen LogP) is 2.60. The second kappa shape index (κ2) is 3.56. The lowest BCUT2D eigenvalue weighted by Gasteiger charge is -2.05. The normalized spacial score (nSPS) is 15.5. The van der Waals surface area contributed by atoms with Gasteiger partial charge in [0.2, 0.25) is 0 Å². The number of hydrogen-bond donors (Lipinski definition) is 1. The molecule has 0 aromatic heterocycles. The topological polar surface area (TPSA) is 46.5 Å². The monoisotopic (exact) mass is 284 g/mol. The van der Waals surface area contributed by atoms with E-state index in [0.29, 0.717) is 5.75 Å². The Bertz CT molecular complexity index is 268. The molecule has 1 atom stereocenters. The number of hydrogen-bond acceptors (Lipinski definition) is 2. The average Bonchev–Trinajstić information content (AvgIpc) is 1.85. The van der Waals surface area contributed by atoms with E-state index in [2.05, 4.69) is 0 Å². The highest BCUT2D eigenvalue weighted by Crippen LogP contribution is 2.50. The van der Waals surface area contributed by atoms with Gasteiger partial charge in [0.05, 0.1) is 22.0 Å². The van der Waals surface area contributed by atoms with Crippen molar-refractivity contribution in [3.63, 3.8) is 0 Å². The first kappa shape index (κ1) is 9.03. The number of rotatable bonds is 2. The zero-order valence-electron chi connectivity index (χ0n) is 5.48. The molecule has 0 saturated heterocycles. The maximum Gasteiger partial charge on any atom is 0.436 e. The molecule has 1 unspecified atom stereocenters. The fourth-order valence-electron chi connectivity index (χ4n) is 0.611. The molecule has 1 aromatic rings. The van der Waals surface area contributed by atoms with Gasteiger partial charge >= 0.3 is 5.24 Å². The van der Waals surface area contributed by atoms with Gasteiger partial charge in [0.1, 0.15) is 5.75 Å². The Morgan fingerprint density at radius 1 is 1.36 bits per heavy atom. The summed E-state index contributed by atoms with van der Waals surface area (Å²) < 4.78 is 15.4. The van der Waals surface area contributed by atoms with Crippen LogP contribution in [0.25, 0.3) is 0 Å². The minimum Gasteiger partial charge on any atom is -0.418 e. The minimum atomic E-state index is -3.42. The van der Waals surface area contributed by atoms with Gasteiger partial charge in [-0.2, -0.15) is 0 Å². The number of halogens is 1. The molecular weight excluding hydrogens is 278 g/mol. The molecule has 0 aliphatic carbocycles. The minimum absolute atomic E-state index is 0.410. The molecule has 0 aliphatic rings. The van der Waals surface area contributed by atoms with Gasteiger partial charge < -0.3 is 9.42 Å². The van der Waals surface area contributed by atoms with Gasteiger partial charge in [-0.3, -0.25) is 0 Å². The Morgan fingerprint density at radius 2 is 1.91 bits per heavy atom. The Balaban J connectivity index is 2.74. The third kappa shape index (κ3) is 3.74. The quantitative estimate of drug-likeness (QED) is 0.670. The predicted molar refractivity (Wildman–Crippen MR) is 50.9 cm³/mol. The Kier molecular flexibility index (Phi) is 2.92. The highest BCUT2D eigenvalue weighted by Gasteiger charge is 2.13. The molecule has 1 aromatic carbocycles. The van der Waals surface area contributed by atoms with Gasteiger partial charge in [-0.1, -0.05) is 18.2 Å². The summed E-state index contributed by atoms with van der Waals surface area (Å²) in [5, 5.41) is -3.42. The lowest BCUT2D eigenvalue weighted by atomic mass is 10.3. The molecule has 0 radical (unpaired) electrons. The van der Waals surface area contributed by atoms with Gasteiger partial charge in [0.15, 0.2) is 0 Å². The van der Waals surface area contributed by atoms with Crippen LogP contribution in [0.1, 0.15) is 0 Å². The van der Waals surface area contributed by atoms with E-state index in [1.54, 1.807) is 24.3 Å². The van der Waals surface area contributed by atoms with Crippen molar-refractivity contribution in [2.45, 2.75) is 0 Å². The van der Waals surface area contributed by atoms with Crippen molar-refractivity contribution >= 4 is 27.3 Å². The van der Waals surface area contributed by atoms with Crippen LogP contribution in [0.2, 0.25) is 0 Å². The smallest absolute Gasteiger partial charge is 0.418 e. The second-order valence-electron chi connectivity index (χ2n) is 1.86. The van der Waals surface area contributed by atoms with E-state index in [1.807, 2.05) is 6.07 Å². The van der Waals surface area contributed by atoms with Gasteiger partial charge in [-0.05, 0) is 12.1 Å². The van der Waals surface area contributed by atoms with Gasteiger partial charge in [-0.25, -0.2) is 4.57 Å². The van der Waals surface area contributed by atoms with Crippen molar-refractivity contribution in [2.24, 2.45) is 0 Å². The molecule has 1 rings (SSSR count). The van der Waals surface area contributed by atoms with Crippen molar-refractivity contribution < 1.29 is 14.0 Å². The molecule has 0 heterocycles. The molecule has 0 aliphatic heterocycles. The van der Waals surface area contributed by atoms with Crippen LogP contribution in [0.3, 0.4) is 0 Å². The maximum atomic E-state index is 10.7. The molecule has 1 N–H and O–H groups in total. The first-order valence-electron chi connectivity index (χ1n) is 2.85. The zero-order valence-corrected chi connectivity index (χ0v) is 8.53. The third-order valence-electron chi connectivity index (χ3n) is 0.961. The van der Waals surface area contributed by atoms with Crippen LogP contribution in [0.15, 0.2) is 30.3 Å². The van der Waals surface area contributed by atoms with Crippen LogP contribution >= 0.6 is 27.3 Å². The Hall–Kier alpha value is -0.0600. The highest BCUT2D eigenvalue weighted by atomic mass is 127. The molecule has 0 fully saturated rings.